The van der Waals surface area contributed by atoms with Gasteiger partial charge in [0.25, 0.3) is 17.7 Å². The van der Waals surface area contributed by atoms with E-state index in [9.17, 15) is 86.3 Å². The van der Waals surface area contributed by atoms with E-state index in [1.807, 2.05) is 111 Å². The zero-order valence-electron chi connectivity index (χ0n) is 90.5. The first kappa shape index (κ1) is 120. The van der Waals surface area contributed by atoms with Gasteiger partial charge < -0.3 is 92.7 Å². The summed E-state index contributed by atoms with van der Waals surface area (Å²) in [5.74, 6) is -9.63. The Balaban J connectivity index is 0.000000291. The van der Waals surface area contributed by atoms with Crippen LogP contribution in [0.15, 0.2) is 38.0 Å². The van der Waals surface area contributed by atoms with Gasteiger partial charge in [-0.15, -0.1) is 19.7 Å². The van der Waals surface area contributed by atoms with Gasteiger partial charge in [-0.1, -0.05) is 220 Å². The van der Waals surface area contributed by atoms with E-state index in [-0.39, 0.29) is 126 Å². The molecular formula is C107H175N15O21. The van der Waals surface area contributed by atoms with Crippen LogP contribution in [0.2, 0.25) is 0 Å². The number of piperidine rings is 3. The first-order valence-electron chi connectivity index (χ1n) is 52.6. The smallest absolute Gasteiger partial charge is 0.329 e. The van der Waals surface area contributed by atoms with Gasteiger partial charge in [0.1, 0.15) is 71.7 Å². The number of ketones is 3. The maximum atomic E-state index is 14.7. The van der Waals surface area contributed by atoms with Gasteiger partial charge in [0.2, 0.25) is 52.8 Å². The maximum absolute atomic E-state index is 14.7. The normalized spacial score (nSPS) is 23.9. The van der Waals surface area contributed by atoms with Crippen molar-refractivity contribution in [1.29, 1.82) is 0 Å². The quantitative estimate of drug-likeness (QED) is 0.0117. The van der Waals surface area contributed by atoms with Crippen molar-refractivity contribution in [2.75, 3.05) is 39.3 Å². The third-order valence-electron chi connectivity index (χ3n) is 30.6. The summed E-state index contributed by atoms with van der Waals surface area (Å²) in [7, 11) is 0. The second kappa shape index (κ2) is 50.7. The zero-order valence-corrected chi connectivity index (χ0v) is 90.5. The average Bonchev–Trinajstić information content (AvgIpc) is 1.53. The average molecular weight is 2010 g/mol. The molecule has 9 aliphatic rings. The van der Waals surface area contributed by atoms with Crippen LogP contribution in [-0.2, 0) is 86.1 Å². The second-order valence-electron chi connectivity index (χ2n) is 47.4. The Labute approximate surface area is 848 Å². The van der Waals surface area contributed by atoms with Crippen LogP contribution in [0.3, 0.4) is 0 Å². The lowest BCUT2D eigenvalue weighted by Gasteiger charge is -2.43. The molecule has 9 fully saturated rings. The van der Waals surface area contributed by atoms with Gasteiger partial charge in [-0.2, -0.15) is 0 Å². The Kier molecular flexibility index (Phi) is 42.4. The molecule has 143 heavy (non-hydrogen) atoms. The number of carbonyl (C=O) groups excluding carboxylic acids is 18. The summed E-state index contributed by atoms with van der Waals surface area (Å²) in [5, 5.41) is 32.8. The van der Waals surface area contributed by atoms with Gasteiger partial charge in [0, 0.05) is 39.3 Å². The minimum atomic E-state index is -1.04. The Morgan fingerprint density at radius 1 is 0.385 bits per heavy atom. The van der Waals surface area contributed by atoms with Crippen LogP contribution >= 0.6 is 0 Å². The third kappa shape index (κ3) is 31.4. The predicted molar refractivity (Wildman–Crippen MR) is 543 cm³/mol. The number of urea groups is 3. The van der Waals surface area contributed by atoms with Gasteiger partial charge in [0.15, 0.2) is 0 Å². The molecule has 0 aromatic rings. The molecule has 36 nitrogen and oxygen atoms in total. The van der Waals surface area contributed by atoms with E-state index in [4.69, 9.17) is 14.2 Å². The Bertz CT molecular complexity index is 4580. The van der Waals surface area contributed by atoms with Crippen LogP contribution in [0, 0.1) is 92.2 Å². The van der Waals surface area contributed by atoms with Crippen molar-refractivity contribution in [3.05, 3.63) is 38.0 Å². The lowest BCUT2D eigenvalue weighted by molar-refractivity contribution is -0.159. The fraction of sp³-hybridized carbons (Fsp3) is 0.776. The molecule has 3 aliphatic heterocycles. The first-order valence-corrected chi connectivity index (χ1v) is 52.6. The van der Waals surface area contributed by atoms with Crippen LogP contribution in [0.5, 0.6) is 0 Å². The standard InChI is InChI=1S/C37H61N5O7.C36H59N5O7.C34H55N5O7/c1-11-13-17-24(28(43)31(45)38-20-12-2)39-30(44)27-25-23(36(25,8)9)21-42(27)32(46)29(37(10)18-15-14-16-19-37)41-34(48)40-26(22(3)4)33(47)49-35(5,6)7;1-10-12-18-24(29(42)31(44)37-19-11-2)38-30(43)28-25-23(36(25,8)9)20-41(28)32(45)27(22-16-14-13-15-17-22)40-34(47)39-26(21(3)4)33(46)48-35(5,6)7;1-11-13-22(26(40)29(42)35-16-12-2)36-28(41)25-23-21(34(23,9)10)17-39(25)30(43)27(33(6,7)8)38-32(45)37-24(18(3)4)31(44)46-19(5)20-14-15-20/h12,22-27,29H,2,11,13-21H2,1,3-10H3,(H,38,45)(H,39,44)(H2,40,41,48);11,21-28H,2,10,12-20H2,1,3-9H3,(H,37,44)(H,38,43)(H2,39,40,47);12,18-25,27H,2,11,13-17H2,1,3-10H3,(H,35,42)(H,36,41)(H2,37,38,45)/t23-,24?,25-,26-,27-,29+;23-,24?,25-,26-,27-,28-;19?,21-,22?,23-,24-,25-,27+/m000/s1. The van der Waals surface area contributed by atoms with E-state index in [1.165, 1.54) is 23.1 Å². The highest BCUT2D eigenvalue weighted by Crippen LogP contribution is 2.67. The van der Waals surface area contributed by atoms with Crippen molar-refractivity contribution in [2.45, 2.75) is 398 Å². The molecule has 6 aliphatic carbocycles. The first-order chi connectivity index (χ1) is 66.6. The van der Waals surface area contributed by atoms with Crippen LogP contribution in [0.4, 0.5) is 14.4 Å². The lowest BCUT2D eigenvalue weighted by atomic mass is 9.70. The number of unbranched alkanes of at least 4 members (excludes halogenated alkanes) is 2. The topological polar surface area (TPSA) is 489 Å². The van der Waals surface area contributed by atoms with Crippen LogP contribution in [-0.4, -0.2) is 250 Å². The lowest BCUT2D eigenvalue weighted by Crippen LogP contribution is -2.63. The zero-order chi connectivity index (χ0) is 108. The number of nitrogens with one attached hydrogen (secondary N) is 12. The molecule has 9 rings (SSSR count). The van der Waals surface area contributed by atoms with Crippen molar-refractivity contribution < 1.29 is 101 Å². The molecule has 4 unspecified atom stereocenters. The summed E-state index contributed by atoms with van der Waals surface area (Å²) >= 11 is 0. The molecule has 804 valence electrons. The Morgan fingerprint density at radius 2 is 0.720 bits per heavy atom. The molecule has 15 amide bonds. The van der Waals surface area contributed by atoms with E-state index >= 15 is 0 Å². The van der Waals surface area contributed by atoms with E-state index in [0.717, 1.165) is 77.0 Å². The number of likely N-dealkylation sites (tertiary alicyclic amines) is 3. The largest absolute Gasteiger partial charge is 0.461 e. The minimum Gasteiger partial charge on any atom is -0.461 e. The summed E-state index contributed by atoms with van der Waals surface area (Å²) in [5.41, 5.74) is -3.41. The molecule has 12 N–H and O–H groups in total. The van der Waals surface area contributed by atoms with Gasteiger partial charge >= 0.3 is 36.0 Å². The molecule has 0 bridgehead atoms. The fourth-order valence-corrected chi connectivity index (χ4v) is 21.6. The highest BCUT2D eigenvalue weighted by atomic mass is 16.6. The van der Waals surface area contributed by atoms with Crippen molar-refractivity contribution in [3.8, 4) is 0 Å². The van der Waals surface area contributed by atoms with Gasteiger partial charge in [-0.05, 0) is 198 Å². The van der Waals surface area contributed by atoms with Crippen molar-refractivity contribution in [2.24, 2.45) is 92.2 Å². The number of amides is 15. The summed E-state index contributed by atoms with van der Waals surface area (Å²) in [6.07, 6.45) is 19.0. The molecule has 3 saturated heterocycles. The summed E-state index contributed by atoms with van der Waals surface area (Å²) in [6.45, 7) is 60.9. The number of fused-ring (bicyclic) bond motifs is 3. The summed E-state index contributed by atoms with van der Waals surface area (Å²) in [4.78, 5) is 246. The van der Waals surface area contributed by atoms with Gasteiger partial charge in [-0.25, -0.2) is 28.8 Å². The van der Waals surface area contributed by atoms with Gasteiger partial charge in [0.05, 0.1) is 18.1 Å². The number of esters is 3. The number of hydrogen-bond donors (Lipinski definition) is 12. The van der Waals surface area contributed by atoms with Crippen LogP contribution < -0.4 is 63.8 Å². The van der Waals surface area contributed by atoms with E-state index in [1.54, 1.807) is 51.3 Å². The number of ether oxygens (including phenoxy) is 3. The number of nitrogens with zero attached hydrogens (tertiary/aromatic N) is 3. The highest BCUT2D eigenvalue weighted by molar-refractivity contribution is 6.39. The van der Waals surface area contributed by atoms with E-state index in [2.05, 4.69) is 111 Å². The second-order valence-corrected chi connectivity index (χ2v) is 47.4. The number of carbonyl (C=O) groups is 18. The van der Waals surface area contributed by atoms with Gasteiger partial charge in [-0.3, -0.25) is 57.5 Å². The molecule has 0 aromatic carbocycles. The van der Waals surface area contributed by atoms with Crippen molar-refractivity contribution in [3.63, 3.8) is 0 Å². The fourth-order valence-electron chi connectivity index (χ4n) is 21.6. The molecule has 19 atom stereocenters. The molecule has 0 radical (unpaired) electrons. The predicted octanol–water partition coefficient (Wildman–Crippen LogP) is 10.4. The monoisotopic (exact) mass is 2010 g/mol. The van der Waals surface area contributed by atoms with E-state index in [0.29, 0.717) is 64.1 Å². The molecule has 0 spiro atoms. The number of hydrogen-bond acceptors (Lipinski definition) is 21. The SMILES string of the molecule is C=CCNC(=O)C(=O)C(CCC)NC(=O)[C@@H]1[C@@H]2[C@H](CN1C(=O)[C@@H](NC(=O)N[C@H](C(=O)OC(C)C1CC1)C(C)C)C(C)(C)C)C2(C)C.C=CCNC(=O)C(=O)C(CCCC)NC(=O)[C@@H]1[C@@H]2[C@H](CN1C(=O)[C@@H](NC(=O)N[C@H](C(=O)OC(C)(C)C)C(C)C)C1(C)CCCCC1)C2(C)C.C=CCNC(=O)C(=O)C(CCCC)NC(=O)[C@@H]1[C@@H]2[C@H](CN1C(=O)[C@@H](NC(=O)N[C@H](C(=O)OC(C)(C)C)C(C)C)C1CCCCC1)C2(C)C. The molecule has 36 heteroatoms. The van der Waals surface area contributed by atoms with Crippen molar-refractivity contribution >= 4 is 107 Å². The number of Topliss-reactive ketones (excluding diaryl/α,β-unsaturated/α-hetero) is 3. The Hall–Kier alpha value is -10.3. The van der Waals surface area contributed by atoms with Crippen molar-refractivity contribution in [1.82, 2.24) is 78.5 Å². The Morgan fingerprint density at radius 3 is 1.06 bits per heavy atom. The van der Waals surface area contributed by atoms with Crippen LogP contribution in [0.25, 0.3) is 0 Å². The highest BCUT2D eigenvalue weighted by Gasteiger charge is 2.73. The summed E-state index contributed by atoms with van der Waals surface area (Å²) in [6, 6.07) is -13.4. The number of rotatable bonds is 45. The summed E-state index contributed by atoms with van der Waals surface area (Å²) < 4.78 is 16.7. The molecule has 0 aromatic heterocycles. The third-order valence-corrected chi connectivity index (χ3v) is 30.6. The molecule has 3 heterocycles. The molecule has 6 saturated carbocycles. The molecular weight excluding hydrogens is 1830 g/mol. The minimum absolute atomic E-state index is 0.0615. The van der Waals surface area contributed by atoms with Crippen LogP contribution in [0.1, 0.15) is 308 Å². The maximum Gasteiger partial charge on any atom is 0.329 e. The van der Waals surface area contributed by atoms with E-state index < -0.39 is 189 Å².